The first kappa shape index (κ1) is 14.5. The Morgan fingerprint density at radius 3 is 2.83 bits per heavy atom. The second kappa shape index (κ2) is 4.73. The Kier molecular flexibility index (Phi) is 2.99. The molecule has 2 bridgehead atoms. The van der Waals surface area contributed by atoms with Crippen LogP contribution in [0.2, 0.25) is 0 Å². The van der Waals surface area contributed by atoms with Crippen LogP contribution in [0.25, 0.3) is 0 Å². The van der Waals surface area contributed by atoms with Crippen molar-refractivity contribution in [3.05, 3.63) is 29.8 Å². The van der Waals surface area contributed by atoms with E-state index in [2.05, 4.69) is 17.6 Å². The molecule has 5 rings (SSSR count). The third-order valence-corrected chi connectivity index (χ3v) is 6.16. The molecule has 1 spiro atoms. The fourth-order valence-electron chi connectivity index (χ4n) is 4.95. The molecular weight excluding hydrogens is 292 g/mol. The second-order valence-electron chi connectivity index (χ2n) is 7.47. The molecule has 2 N–H and O–H groups in total. The van der Waals surface area contributed by atoms with E-state index in [1.165, 1.54) is 7.11 Å². The molecule has 0 saturated heterocycles. The number of carbonyl (C=O) groups excluding carboxylic acids is 2. The van der Waals surface area contributed by atoms with Crippen molar-refractivity contribution >= 4 is 17.6 Å². The van der Waals surface area contributed by atoms with E-state index >= 15 is 0 Å². The van der Waals surface area contributed by atoms with Gasteiger partial charge in [0, 0.05) is 11.6 Å². The number of esters is 1. The van der Waals surface area contributed by atoms with Crippen molar-refractivity contribution in [1.29, 1.82) is 0 Å². The van der Waals surface area contributed by atoms with Gasteiger partial charge in [0.15, 0.2) is 0 Å². The van der Waals surface area contributed by atoms with E-state index in [1.807, 2.05) is 24.3 Å². The molecule has 1 aromatic carbocycles. The molecule has 3 saturated carbocycles. The zero-order chi connectivity index (χ0) is 16.2. The van der Waals surface area contributed by atoms with Crippen LogP contribution in [0.3, 0.4) is 0 Å². The molecule has 3 aliphatic carbocycles. The third kappa shape index (κ3) is 1.98. The van der Waals surface area contributed by atoms with Gasteiger partial charge in [-0.25, -0.2) is 0 Å². The maximum Gasteiger partial charge on any atom is 0.309 e. The third-order valence-electron chi connectivity index (χ3n) is 6.16. The van der Waals surface area contributed by atoms with Gasteiger partial charge in [-0.2, -0.15) is 0 Å². The van der Waals surface area contributed by atoms with Gasteiger partial charge in [0.25, 0.3) is 5.91 Å². The number of fused-ring (bicyclic) bond motifs is 3. The van der Waals surface area contributed by atoms with E-state index in [4.69, 9.17) is 4.74 Å². The first-order valence-corrected chi connectivity index (χ1v) is 8.25. The molecule has 1 aliphatic heterocycles. The molecule has 5 heteroatoms. The van der Waals surface area contributed by atoms with Crippen LogP contribution in [0.15, 0.2) is 24.3 Å². The van der Waals surface area contributed by atoms with Crippen LogP contribution in [0.1, 0.15) is 43.0 Å². The fraction of sp³-hybridized carbons (Fsp3) is 0.556. The molecule has 1 heterocycles. The lowest BCUT2D eigenvalue weighted by atomic mass is 9.51. The summed E-state index contributed by atoms with van der Waals surface area (Å²) >= 11 is 0. The van der Waals surface area contributed by atoms with Crippen molar-refractivity contribution in [2.45, 2.75) is 38.3 Å². The van der Waals surface area contributed by atoms with Crippen molar-refractivity contribution in [3.8, 4) is 0 Å². The molecule has 5 nitrogen and oxygen atoms in total. The van der Waals surface area contributed by atoms with Crippen molar-refractivity contribution < 1.29 is 14.3 Å². The van der Waals surface area contributed by atoms with Gasteiger partial charge >= 0.3 is 5.97 Å². The van der Waals surface area contributed by atoms with E-state index in [-0.39, 0.29) is 29.1 Å². The minimum Gasteiger partial charge on any atom is -0.469 e. The van der Waals surface area contributed by atoms with Crippen LogP contribution in [0.4, 0.5) is 5.69 Å². The number of anilines is 1. The Balaban J connectivity index is 1.70. The zero-order valence-corrected chi connectivity index (χ0v) is 13.5. The number of ether oxygens (including phenoxy) is 1. The summed E-state index contributed by atoms with van der Waals surface area (Å²) in [6.07, 6.45) is 3.53. The normalized spacial score (nSPS) is 37.7. The largest absolute Gasteiger partial charge is 0.469 e. The number of nitrogens with one attached hydrogen (secondary N) is 2. The maximum atomic E-state index is 12.6. The average Bonchev–Trinajstić information content (AvgIpc) is 2.53. The Hall–Kier alpha value is -2.04. The number of rotatable bonds is 1. The summed E-state index contributed by atoms with van der Waals surface area (Å²) in [5.74, 6) is 0.0261. The Labute approximate surface area is 135 Å². The predicted octanol–water partition coefficient (Wildman–Crippen LogP) is 2.54. The minimum absolute atomic E-state index is 0.0230. The summed E-state index contributed by atoms with van der Waals surface area (Å²) in [5, 5.41) is 6.81. The molecule has 122 valence electrons. The van der Waals surface area contributed by atoms with Gasteiger partial charge in [-0.15, -0.1) is 0 Å². The molecule has 1 amide bonds. The van der Waals surface area contributed by atoms with Crippen LogP contribution in [-0.2, 0) is 9.53 Å². The van der Waals surface area contributed by atoms with E-state index < -0.39 is 5.66 Å². The van der Waals surface area contributed by atoms with Gasteiger partial charge in [0.05, 0.1) is 18.6 Å². The summed E-state index contributed by atoms with van der Waals surface area (Å²) < 4.78 is 5.01. The molecule has 4 atom stereocenters. The van der Waals surface area contributed by atoms with Crippen LogP contribution in [0.5, 0.6) is 0 Å². The highest BCUT2D eigenvalue weighted by atomic mass is 16.5. The maximum absolute atomic E-state index is 12.6. The first-order valence-electron chi connectivity index (χ1n) is 8.25. The van der Waals surface area contributed by atoms with Crippen LogP contribution >= 0.6 is 0 Å². The molecule has 3 fully saturated rings. The lowest BCUT2D eigenvalue weighted by Crippen LogP contribution is -2.69. The number of methoxy groups -OCH3 is 1. The van der Waals surface area contributed by atoms with Crippen molar-refractivity contribution in [1.82, 2.24) is 5.32 Å². The van der Waals surface area contributed by atoms with Crippen molar-refractivity contribution in [2.24, 2.45) is 17.3 Å². The lowest BCUT2D eigenvalue weighted by Gasteiger charge is -2.60. The molecule has 1 aromatic rings. The number of benzene rings is 1. The Morgan fingerprint density at radius 1 is 1.30 bits per heavy atom. The SMILES string of the molecule is COC(=O)[C@@H]1C[C@H]2CC[C@@]1(C)C[C@@]21NC(=O)c2ccccc2N1. The number of amides is 1. The first-order chi connectivity index (χ1) is 11.0. The standard InChI is InChI=1S/C18H22N2O3/c1-17-8-7-11(9-13(17)16(22)23-2)18(10-17)19-14-6-4-3-5-12(14)15(21)20-18/h3-6,11,13,19H,7-10H2,1-2H3,(H,20,21)/t11-,13+,17+,18-/m1/s1. The number of hydrogen-bond donors (Lipinski definition) is 2. The highest BCUT2D eigenvalue weighted by Crippen LogP contribution is 2.58. The Bertz CT molecular complexity index is 689. The smallest absolute Gasteiger partial charge is 0.309 e. The van der Waals surface area contributed by atoms with Crippen LogP contribution in [0, 0.1) is 17.3 Å². The molecule has 0 aromatic heterocycles. The number of hydrogen-bond acceptors (Lipinski definition) is 4. The Morgan fingerprint density at radius 2 is 2.09 bits per heavy atom. The van der Waals surface area contributed by atoms with E-state index in [0.717, 1.165) is 31.4 Å². The topological polar surface area (TPSA) is 67.4 Å². The van der Waals surface area contributed by atoms with Gasteiger partial charge in [0.2, 0.25) is 0 Å². The van der Waals surface area contributed by atoms with Crippen LogP contribution < -0.4 is 10.6 Å². The summed E-state index contributed by atoms with van der Waals surface area (Å²) in [4.78, 5) is 24.7. The highest BCUT2D eigenvalue weighted by molar-refractivity contribution is 6.02. The molecule has 0 radical (unpaired) electrons. The molecule has 23 heavy (non-hydrogen) atoms. The van der Waals surface area contributed by atoms with Gasteiger partial charge in [-0.3, -0.25) is 9.59 Å². The summed E-state index contributed by atoms with van der Waals surface area (Å²) in [6.45, 7) is 2.15. The average molecular weight is 314 g/mol. The predicted molar refractivity (Wildman–Crippen MR) is 85.8 cm³/mol. The quantitative estimate of drug-likeness (QED) is 0.782. The fourth-order valence-corrected chi connectivity index (χ4v) is 4.95. The number of carbonyl (C=O) groups is 2. The van der Waals surface area contributed by atoms with E-state index in [9.17, 15) is 9.59 Å². The summed E-state index contributed by atoms with van der Waals surface area (Å²) in [5.41, 5.74) is 0.994. The monoisotopic (exact) mass is 314 g/mol. The van der Waals surface area contributed by atoms with E-state index in [0.29, 0.717) is 5.56 Å². The zero-order valence-electron chi connectivity index (χ0n) is 13.5. The summed E-state index contributed by atoms with van der Waals surface area (Å²) in [6, 6.07) is 7.61. The van der Waals surface area contributed by atoms with Gasteiger partial charge < -0.3 is 15.4 Å². The van der Waals surface area contributed by atoms with Crippen molar-refractivity contribution in [2.75, 3.05) is 12.4 Å². The minimum atomic E-state index is -0.442. The van der Waals surface area contributed by atoms with Gasteiger partial charge in [0.1, 0.15) is 5.66 Å². The molecular formula is C18H22N2O3. The van der Waals surface area contributed by atoms with E-state index in [1.54, 1.807) is 0 Å². The van der Waals surface area contributed by atoms with Crippen LogP contribution in [-0.4, -0.2) is 24.6 Å². The summed E-state index contributed by atoms with van der Waals surface area (Å²) in [7, 11) is 1.46. The molecule has 4 aliphatic rings. The highest BCUT2D eigenvalue weighted by Gasteiger charge is 2.60. The van der Waals surface area contributed by atoms with Gasteiger partial charge in [-0.05, 0) is 43.2 Å². The second-order valence-corrected chi connectivity index (χ2v) is 7.47. The van der Waals surface area contributed by atoms with Crippen molar-refractivity contribution in [3.63, 3.8) is 0 Å². The lowest BCUT2D eigenvalue weighted by molar-refractivity contribution is -0.160. The molecule has 0 unspecified atom stereocenters. The number of para-hydroxylation sites is 1. The van der Waals surface area contributed by atoms with Gasteiger partial charge in [-0.1, -0.05) is 19.1 Å².